The van der Waals surface area contributed by atoms with E-state index in [4.69, 9.17) is 5.11 Å². The maximum atomic E-state index is 11.3. The SMILES string of the molecule is C/C(=C/c1cccc([N+](=O)[O-])c1)C1CN[C@H](C(=O)O)C1CC(=O)O. The molecule has 0 spiro atoms. The summed E-state index contributed by atoms with van der Waals surface area (Å²) in [5.74, 6) is -2.97. The third-order valence-electron chi connectivity index (χ3n) is 4.24. The number of carboxylic acid groups (broad SMARTS) is 2. The van der Waals surface area contributed by atoms with E-state index in [-0.39, 0.29) is 18.0 Å². The minimum atomic E-state index is -1.08. The Labute approximate surface area is 137 Å². The largest absolute Gasteiger partial charge is 0.481 e. The molecule has 1 aliphatic heterocycles. The van der Waals surface area contributed by atoms with Crippen LogP contribution in [0, 0.1) is 22.0 Å². The van der Waals surface area contributed by atoms with Crippen LogP contribution in [0.2, 0.25) is 0 Å². The van der Waals surface area contributed by atoms with E-state index in [1.54, 1.807) is 25.1 Å². The molecule has 128 valence electrons. The quantitative estimate of drug-likeness (QED) is 0.534. The van der Waals surface area contributed by atoms with E-state index in [9.17, 15) is 24.8 Å². The first-order chi connectivity index (χ1) is 11.3. The number of carboxylic acids is 2. The van der Waals surface area contributed by atoms with E-state index in [0.29, 0.717) is 12.1 Å². The van der Waals surface area contributed by atoms with Gasteiger partial charge in [0.05, 0.1) is 11.3 Å². The molecule has 3 N–H and O–H groups in total. The second kappa shape index (κ2) is 7.22. The molecule has 0 aliphatic carbocycles. The molecule has 0 radical (unpaired) electrons. The minimum Gasteiger partial charge on any atom is -0.481 e. The van der Waals surface area contributed by atoms with Gasteiger partial charge in [-0.15, -0.1) is 0 Å². The normalized spacial score (nSPS) is 23.9. The Bertz CT molecular complexity index is 700. The highest BCUT2D eigenvalue weighted by Gasteiger charge is 2.41. The maximum Gasteiger partial charge on any atom is 0.321 e. The highest BCUT2D eigenvalue weighted by molar-refractivity contribution is 5.77. The second-order valence-electron chi connectivity index (χ2n) is 5.83. The third-order valence-corrected chi connectivity index (χ3v) is 4.24. The fourth-order valence-corrected chi connectivity index (χ4v) is 3.12. The molecule has 1 heterocycles. The lowest BCUT2D eigenvalue weighted by molar-refractivity contribution is -0.384. The van der Waals surface area contributed by atoms with Crippen LogP contribution < -0.4 is 5.32 Å². The number of rotatable bonds is 6. The molecule has 0 saturated carbocycles. The summed E-state index contributed by atoms with van der Waals surface area (Å²) in [6, 6.07) is 5.17. The van der Waals surface area contributed by atoms with E-state index in [2.05, 4.69) is 5.32 Å². The van der Waals surface area contributed by atoms with Gasteiger partial charge in [0.15, 0.2) is 0 Å². The first kappa shape index (κ1) is 17.6. The zero-order chi connectivity index (χ0) is 17.9. The van der Waals surface area contributed by atoms with Gasteiger partial charge in [-0.05, 0) is 18.4 Å². The average molecular weight is 334 g/mol. The van der Waals surface area contributed by atoms with E-state index in [1.165, 1.54) is 12.1 Å². The van der Waals surface area contributed by atoms with Gasteiger partial charge in [0.2, 0.25) is 0 Å². The number of non-ortho nitro benzene ring substituents is 1. The Morgan fingerprint density at radius 2 is 2.12 bits per heavy atom. The topological polar surface area (TPSA) is 130 Å². The molecular weight excluding hydrogens is 316 g/mol. The third kappa shape index (κ3) is 3.96. The smallest absolute Gasteiger partial charge is 0.321 e. The number of hydrogen-bond donors (Lipinski definition) is 3. The van der Waals surface area contributed by atoms with Crippen LogP contribution in [0.4, 0.5) is 5.69 Å². The molecule has 0 amide bonds. The molecular formula is C16H18N2O6. The van der Waals surface area contributed by atoms with E-state index >= 15 is 0 Å². The van der Waals surface area contributed by atoms with Crippen LogP contribution in [-0.4, -0.2) is 39.7 Å². The lowest BCUT2D eigenvalue weighted by Gasteiger charge is -2.20. The van der Waals surface area contributed by atoms with E-state index in [0.717, 1.165) is 5.57 Å². The number of nitro benzene ring substituents is 1. The Kier molecular flexibility index (Phi) is 5.30. The zero-order valence-corrected chi connectivity index (χ0v) is 13.0. The molecule has 2 unspecified atom stereocenters. The standard InChI is InChI=1S/C16H18N2O6/c1-9(5-10-3-2-4-11(6-10)18(23)24)13-8-17-15(16(21)22)12(13)7-14(19)20/h2-6,12-13,15,17H,7-8H2,1H3,(H,19,20)(H,21,22)/b9-5-/t12?,13?,15-/m0/s1. The highest BCUT2D eigenvalue weighted by atomic mass is 16.6. The molecule has 24 heavy (non-hydrogen) atoms. The zero-order valence-electron chi connectivity index (χ0n) is 13.0. The van der Waals surface area contributed by atoms with Gasteiger partial charge in [0, 0.05) is 24.6 Å². The Hall–Kier alpha value is -2.74. The molecule has 0 aromatic heterocycles. The van der Waals surface area contributed by atoms with Gasteiger partial charge < -0.3 is 15.5 Å². The second-order valence-corrected chi connectivity index (χ2v) is 5.83. The predicted molar refractivity (Wildman–Crippen MR) is 85.4 cm³/mol. The van der Waals surface area contributed by atoms with Crippen LogP contribution in [0.5, 0.6) is 0 Å². The van der Waals surface area contributed by atoms with Crippen molar-refractivity contribution in [3.8, 4) is 0 Å². The van der Waals surface area contributed by atoms with E-state index < -0.39 is 28.8 Å². The number of nitro groups is 1. The summed E-state index contributed by atoms with van der Waals surface area (Å²) in [6.07, 6.45) is 1.48. The van der Waals surface area contributed by atoms with Crippen molar-refractivity contribution in [1.29, 1.82) is 0 Å². The summed E-state index contributed by atoms with van der Waals surface area (Å²) in [4.78, 5) is 32.7. The molecule has 1 saturated heterocycles. The van der Waals surface area contributed by atoms with E-state index in [1.807, 2.05) is 0 Å². The van der Waals surface area contributed by atoms with Crippen LogP contribution in [0.1, 0.15) is 18.9 Å². The average Bonchev–Trinajstić information content (AvgIpc) is 2.90. The Morgan fingerprint density at radius 3 is 2.71 bits per heavy atom. The van der Waals surface area contributed by atoms with Gasteiger partial charge in [0.25, 0.3) is 5.69 Å². The highest BCUT2D eigenvalue weighted by Crippen LogP contribution is 2.33. The number of aliphatic carboxylic acids is 2. The molecule has 1 aliphatic rings. The molecule has 8 heteroatoms. The van der Waals surface area contributed by atoms with Gasteiger partial charge in [-0.25, -0.2) is 0 Å². The molecule has 1 aromatic carbocycles. The van der Waals surface area contributed by atoms with Crippen molar-refractivity contribution in [3.05, 3.63) is 45.5 Å². The van der Waals surface area contributed by atoms with Crippen molar-refractivity contribution in [3.63, 3.8) is 0 Å². The number of nitrogens with zero attached hydrogens (tertiary/aromatic N) is 1. The summed E-state index contributed by atoms with van der Waals surface area (Å²) < 4.78 is 0. The van der Waals surface area contributed by atoms with Crippen molar-refractivity contribution >= 4 is 23.7 Å². The van der Waals surface area contributed by atoms with Crippen LogP contribution in [0.15, 0.2) is 29.8 Å². The van der Waals surface area contributed by atoms with Gasteiger partial charge in [-0.2, -0.15) is 0 Å². The van der Waals surface area contributed by atoms with Crippen LogP contribution in [0.3, 0.4) is 0 Å². The summed E-state index contributed by atoms with van der Waals surface area (Å²) in [6.45, 7) is 2.14. The molecule has 0 bridgehead atoms. The summed E-state index contributed by atoms with van der Waals surface area (Å²) in [5.41, 5.74) is 1.37. The van der Waals surface area contributed by atoms with Crippen molar-refractivity contribution in [2.45, 2.75) is 19.4 Å². The van der Waals surface area contributed by atoms with Crippen LogP contribution in [0.25, 0.3) is 6.08 Å². The van der Waals surface area contributed by atoms with Gasteiger partial charge in [0.1, 0.15) is 6.04 Å². The maximum absolute atomic E-state index is 11.3. The summed E-state index contributed by atoms with van der Waals surface area (Å²) in [5, 5.41) is 32.0. The van der Waals surface area contributed by atoms with Crippen molar-refractivity contribution in [2.75, 3.05) is 6.54 Å². The monoisotopic (exact) mass is 334 g/mol. The number of nitrogens with one attached hydrogen (secondary N) is 1. The lowest BCUT2D eigenvalue weighted by atomic mass is 9.82. The Morgan fingerprint density at radius 1 is 1.42 bits per heavy atom. The van der Waals surface area contributed by atoms with Crippen LogP contribution in [-0.2, 0) is 9.59 Å². The first-order valence-corrected chi connectivity index (χ1v) is 7.40. The molecule has 8 nitrogen and oxygen atoms in total. The van der Waals surface area contributed by atoms with Crippen molar-refractivity contribution in [2.24, 2.45) is 11.8 Å². The van der Waals surface area contributed by atoms with Gasteiger partial charge >= 0.3 is 11.9 Å². The van der Waals surface area contributed by atoms with Crippen LogP contribution >= 0.6 is 0 Å². The predicted octanol–water partition coefficient (Wildman–Crippen LogP) is 1.76. The minimum absolute atomic E-state index is 0.0356. The molecule has 2 rings (SSSR count). The fourth-order valence-electron chi connectivity index (χ4n) is 3.12. The summed E-state index contributed by atoms with van der Waals surface area (Å²) >= 11 is 0. The lowest BCUT2D eigenvalue weighted by Crippen LogP contribution is -2.36. The number of hydrogen-bond acceptors (Lipinski definition) is 5. The van der Waals surface area contributed by atoms with Gasteiger partial charge in [-0.1, -0.05) is 23.8 Å². The molecule has 3 atom stereocenters. The first-order valence-electron chi connectivity index (χ1n) is 7.40. The van der Waals surface area contributed by atoms with Crippen molar-refractivity contribution < 1.29 is 24.7 Å². The molecule has 1 fully saturated rings. The number of carbonyl (C=O) groups is 2. The summed E-state index contributed by atoms with van der Waals surface area (Å²) in [7, 11) is 0. The number of benzene rings is 1. The van der Waals surface area contributed by atoms with Gasteiger partial charge in [-0.3, -0.25) is 19.7 Å². The van der Waals surface area contributed by atoms with Crippen molar-refractivity contribution in [1.82, 2.24) is 5.32 Å². The fraction of sp³-hybridized carbons (Fsp3) is 0.375. The molecule has 1 aromatic rings. The Balaban J connectivity index is 2.27.